The number of nitrogens with one attached hydrogen (secondary N) is 1. The minimum Gasteiger partial charge on any atom is -0.338 e. The van der Waals surface area contributed by atoms with E-state index in [-0.39, 0.29) is 23.4 Å². The van der Waals surface area contributed by atoms with Crippen LogP contribution in [0.5, 0.6) is 0 Å². The highest BCUT2D eigenvalue weighted by Crippen LogP contribution is 2.25. The SMILES string of the molecule is Cc1c(C(=O)N2CCCC(C(=O)Nc3ccccc3)C2)cccc1[N+](=O)[O-]. The van der Waals surface area contributed by atoms with Crippen LogP contribution in [0.25, 0.3) is 0 Å². The molecule has 0 aromatic heterocycles. The number of benzene rings is 2. The molecule has 7 heteroatoms. The molecule has 0 saturated carbocycles. The normalized spacial score (nSPS) is 16.6. The van der Waals surface area contributed by atoms with Gasteiger partial charge in [-0.15, -0.1) is 0 Å². The van der Waals surface area contributed by atoms with Crippen LogP contribution in [0, 0.1) is 23.0 Å². The molecule has 0 spiro atoms. The quantitative estimate of drug-likeness (QED) is 0.662. The number of hydrogen-bond acceptors (Lipinski definition) is 4. The molecule has 0 radical (unpaired) electrons. The minimum atomic E-state index is -0.488. The third-order valence-electron chi connectivity index (χ3n) is 4.85. The van der Waals surface area contributed by atoms with Crippen molar-refractivity contribution in [2.75, 3.05) is 18.4 Å². The van der Waals surface area contributed by atoms with E-state index in [4.69, 9.17) is 0 Å². The molecule has 1 heterocycles. The molecule has 1 aliphatic heterocycles. The summed E-state index contributed by atoms with van der Waals surface area (Å²) in [5.74, 6) is -0.690. The van der Waals surface area contributed by atoms with Crippen molar-refractivity contribution in [1.29, 1.82) is 0 Å². The Kier molecular flexibility index (Phi) is 5.49. The zero-order valence-corrected chi connectivity index (χ0v) is 15.1. The maximum absolute atomic E-state index is 12.9. The summed E-state index contributed by atoms with van der Waals surface area (Å²) in [5.41, 5.74) is 1.31. The predicted molar refractivity (Wildman–Crippen MR) is 102 cm³/mol. The van der Waals surface area contributed by atoms with Gasteiger partial charge in [0, 0.05) is 36.0 Å². The lowest BCUT2D eigenvalue weighted by Crippen LogP contribution is -2.44. The molecule has 27 heavy (non-hydrogen) atoms. The summed E-state index contributed by atoms with van der Waals surface area (Å²) in [6, 6.07) is 13.7. The second kappa shape index (κ2) is 7.99. The summed E-state index contributed by atoms with van der Waals surface area (Å²) >= 11 is 0. The highest BCUT2D eigenvalue weighted by Gasteiger charge is 2.30. The Balaban J connectivity index is 1.72. The Morgan fingerprint density at radius 2 is 1.89 bits per heavy atom. The molecule has 2 aromatic carbocycles. The van der Waals surface area contributed by atoms with Crippen molar-refractivity contribution in [3.63, 3.8) is 0 Å². The van der Waals surface area contributed by atoms with Crippen LogP contribution in [-0.2, 0) is 4.79 Å². The average Bonchev–Trinajstić information content (AvgIpc) is 2.68. The number of anilines is 1. The number of likely N-dealkylation sites (tertiary alicyclic amines) is 1. The second-order valence-electron chi connectivity index (χ2n) is 6.65. The summed E-state index contributed by atoms with van der Waals surface area (Å²) in [4.78, 5) is 37.7. The van der Waals surface area contributed by atoms with Crippen molar-refractivity contribution >= 4 is 23.2 Å². The van der Waals surface area contributed by atoms with Crippen molar-refractivity contribution in [3.8, 4) is 0 Å². The second-order valence-corrected chi connectivity index (χ2v) is 6.65. The molecule has 140 valence electrons. The van der Waals surface area contributed by atoms with Crippen molar-refractivity contribution in [1.82, 2.24) is 4.90 Å². The van der Waals surface area contributed by atoms with Crippen molar-refractivity contribution in [2.45, 2.75) is 19.8 Å². The van der Waals surface area contributed by atoms with Gasteiger partial charge in [0.25, 0.3) is 11.6 Å². The van der Waals surface area contributed by atoms with Gasteiger partial charge >= 0.3 is 0 Å². The van der Waals surface area contributed by atoms with Crippen LogP contribution in [0.2, 0.25) is 0 Å². The van der Waals surface area contributed by atoms with Crippen molar-refractivity contribution in [2.24, 2.45) is 5.92 Å². The van der Waals surface area contributed by atoms with E-state index in [1.54, 1.807) is 17.9 Å². The molecule has 0 bridgehead atoms. The number of carbonyl (C=O) groups excluding carboxylic acids is 2. The zero-order chi connectivity index (χ0) is 19.4. The van der Waals surface area contributed by atoms with Crippen LogP contribution in [0.4, 0.5) is 11.4 Å². The van der Waals surface area contributed by atoms with E-state index >= 15 is 0 Å². The Morgan fingerprint density at radius 3 is 2.59 bits per heavy atom. The molecular formula is C20H21N3O4. The number of piperidine rings is 1. The van der Waals surface area contributed by atoms with E-state index < -0.39 is 4.92 Å². The summed E-state index contributed by atoms with van der Waals surface area (Å²) in [5, 5.41) is 14.0. The molecule has 2 aromatic rings. The number of hydrogen-bond donors (Lipinski definition) is 1. The molecule has 2 amide bonds. The number of nitrogens with zero attached hydrogens (tertiary/aromatic N) is 2. The molecule has 1 unspecified atom stereocenters. The third kappa shape index (κ3) is 4.13. The zero-order valence-electron chi connectivity index (χ0n) is 15.1. The van der Waals surface area contributed by atoms with Crippen molar-refractivity contribution < 1.29 is 14.5 Å². The van der Waals surface area contributed by atoms with Crippen LogP contribution < -0.4 is 5.32 Å². The molecule has 1 saturated heterocycles. The highest BCUT2D eigenvalue weighted by molar-refractivity contribution is 5.98. The fraction of sp³-hybridized carbons (Fsp3) is 0.300. The maximum Gasteiger partial charge on any atom is 0.273 e. The monoisotopic (exact) mass is 367 g/mol. The van der Waals surface area contributed by atoms with E-state index in [2.05, 4.69) is 5.32 Å². The smallest absolute Gasteiger partial charge is 0.273 e. The first-order chi connectivity index (χ1) is 13.0. The molecule has 1 fully saturated rings. The molecule has 7 nitrogen and oxygen atoms in total. The van der Waals surface area contributed by atoms with E-state index in [1.165, 1.54) is 12.1 Å². The van der Waals surface area contributed by atoms with Gasteiger partial charge in [-0.2, -0.15) is 0 Å². The number of rotatable bonds is 4. The number of para-hydroxylation sites is 1. The van der Waals surface area contributed by atoms with Gasteiger partial charge in [-0.25, -0.2) is 0 Å². The Hall–Kier alpha value is -3.22. The summed E-state index contributed by atoms with van der Waals surface area (Å²) in [6.45, 7) is 2.42. The molecule has 1 atom stereocenters. The van der Waals surface area contributed by atoms with Gasteiger partial charge in [0.1, 0.15) is 0 Å². The summed E-state index contributed by atoms with van der Waals surface area (Å²) in [7, 11) is 0. The van der Waals surface area contributed by atoms with Gasteiger partial charge in [-0.1, -0.05) is 24.3 Å². The topological polar surface area (TPSA) is 92.6 Å². The van der Waals surface area contributed by atoms with E-state index in [0.29, 0.717) is 37.1 Å². The third-order valence-corrected chi connectivity index (χ3v) is 4.85. The van der Waals surface area contributed by atoms with Gasteiger partial charge in [-0.05, 0) is 38.0 Å². The molecular weight excluding hydrogens is 346 g/mol. The Bertz CT molecular complexity index is 867. The molecule has 1 aliphatic rings. The fourth-order valence-electron chi connectivity index (χ4n) is 3.36. The van der Waals surface area contributed by atoms with Gasteiger partial charge in [0.05, 0.1) is 10.8 Å². The van der Waals surface area contributed by atoms with Crippen LogP contribution in [0.3, 0.4) is 0 Å². The highest BCUT2D eigenvalue weighted by atomic mass is 16.6. The molecule has 1 N–H and O–H groups in total. The summed E-state index contributed by atoms with van der Waals surface area (Å²) < 4.78 is 0. The van der Waals surface area contributed by atoms with E-state index in [1.807, 2.05) is 30.3 Å². The maximum atomic E-state index is 12.9. The lowest BCUT2D eigenvalue weighted by Gasteiger charge is -2.32. The standard InChI is InChI=1S/C20H21N3O4/c1-14-17(10-5-11-18(14)23(26)27)20(25)22-12-6-7-15(13-22)19(24)21-16-8-3-2-4-9-16/h2-5,8-11,15H,6-7,12-13H2,1H3,(H,21,24). The number of carbonyl (C=O) groups is 2. The van der Waals surface area contributed by atoms with E-state index in [9.17, 15) is 19.7 Å². The van der Waals surface area contributed by atoms with Crippen LogP contribution in [0.15, 0.2) is 48.5 Å². The van der Waals surface area contributed by atoms with Gasteiger partial charge < -0.3 is 10.2 Å². The first-order valence-corrected chi connectivity index (χ1v) is 8.86. The Labute approximate surface area is 157 Å². The molecule has 3 rings (SSSR count). The Morgan fingerprint density at radius 1 is 1.15 bits per heavy atom. The van der Waals surface area contributed by atoms with Crippen LogP contribution in [-0.4, -0.2) is 34.7 Å². The fourth-order valence-corrected chi connectivity index (χ4v) is 3.36. The van der Waals surface area contributed by atoms with Crippen LogP contribution >= 0.6 is 0 Å². The largest absolute Gasteiger partial charge is 0.338 e. The summed E-state index contributed by atoms with van der Waals surface area (Å²) in [6.07, 6.45) is 1.42. The van der Waals surface area contributed by atoms with Crippen LogP contribution in [0.1, 0.15) is 28.8 Å². The van der Waals surface area contributed by atoms with Gasteiger partial charge in [0.15, 0.2) is 0 Å². The number of nitro groups is 1. The predicted octanol–water partition coefficient (Wildman–Crippen LogP) is 3.39. The number of amides is 2. The van der Waals surface area contributed by atoms with Gasteiger partial charge in [-0.3, -0.25) is 19.7 Å². The lowest BCUT2D eigenvalue weighted by molar-refractivity contribution is -0.385. The molecule has 0 aliphatic carbocycles. The van der Waals surface area contributed by atoms with E-state index in [0.717, 1.165) is 5.69 Å². The van der Waals surface area contributed by atoms with Gasteiger partial charge in [0.2, 0.25) is 5.91 Å². The average molecular weight is 367 g/mol. The first kappa shape index (κ1) is 18.6. The lowest BCUT2D eigenvalue weighted by atomic mass is 9.95. The minimum absolute atomic E-state index is 0.0729. The number of nitro benzene ring substituents is 1. The first-order valence-electron chi connectivity index (χ1n) is 8.86. The van der Waals surface area contributed by atoms with Crippen molar-refractivity contribution in [3.05, 3.63) is 69.8 Å².